The first-order valence-electron chi connectivity index (χ1n) is 11.9. The van der Waals surface area contributed by atoms with Gasteiger partial charge in [0.15, 0.2) is 0 Å². The Labute approximate surface area is 216 Å². The molecule has 36 heavy (non-hydrogen) atoms. The van der Waals surface area contributed by atoms with Crippen molar-refractivity contribution in [2.75, 3.05) is 19.4 Å². The molecule has 0 aromatic carbocycles. The van der Waals surface area contributed by atoms with Gasteiger partial charge in [0.2, 0.25) is 5.95 Å². The van der Waals surface area contributed by atoms with E-state index in [2.05, 4.69) is 32.1 Å². The molecule has 1 unspecified atom stereocenters. The highest BCUT2D eigenvalue weighted by molar-refractivity contribution is 6.34. The minimum absolute atomic E-state index is 0.0815. The molecule has 192 valence electrons. The highest BCUT2D eigenvalue weighted by Crippen LogP contribution is 2.29. The van der Waals surface area contributed by atoms with Crippen LogP contribution < -0.4 is 15.8 Å². The molecule has 0 amide bonds. The summed E-state index contributed by atoms with van der Waals surface area (Å²) < 4.78 is 7.46. The zero-order chi connectivity index (χ0) is 26.4. The van der Waals surface area contributed by atoms with Crippen LogP contribution in [-0.4, -0.2) is 50.3 Å². The van der Waals surface area contributed by atoms with Gasteiger partial charge in [-0.05, 0) is 39.2 Å². The van der Waals surface area contributed by atoms with Gasteiger partial charge in [-0.1, -0.05) is 37.3 Å². The number of carboxylic acid groups (broad SMARTS) is 1. The number of carbonyl (C=O) groups is 1. The molecule has 0 spiro atoms. The normalized spacial score (nSPS) is 12.0. The first-order chi connectivity index (χ1) is 17.1. The van der Waals surface area contributed by atoms with Crippen LogP contribution in [0.15, 0.2) is 12.4 Å². The minimum Gasteiger partial charge on any atom is -0.496 e. The third-order valence-corrected chi connectivity index (χ3v) is 6.13. The van der Waals surface area contributed by atoms with Gasteiger partial charge in [-0.15, -0.1) is 0 Å². The smallest absolute Gasteiger partial charge is 0.320 e. The lowest BCUT2D eigenvalue weighted by molar-refractivity contribution is -0.139. The quantitative estimate of drug-likeness (QED) is 0.211. The van der Waals surface area contributed by atoms with Gasteiger partial charge >= 0.3 is 5.97 Å². The largest absolute Gasteiger partial charge is 0.496 e. The SMILES string of the molecule is COc1c(C)cnc(Cn2cc(C#CCCCNC(CC(C)C)C(=O)O)c3c(Cl)nc(N)nc32)c1C. The molecule has 9 nitrogen and oxygen atoms in total. The van der Waals surface area contributed by atoms with Gasteiger partial charge in [-0.3, -0.25) is 9.78 Å². The van der Waals surface area contributed by atoms with Crippen molar-refractivity contribution in [3.63, 3.8) is 0 Å². The van der Waals surface area contributed by atoms with Gasteiger partial charge in [0.1, 0.15) is 22.6 Å². The summed E-state index contributed by atoms with van der Waals surface area (Å²) in [5, 5.41) is 13.3. The lowest BCUT2D eigenvalue weighted by Gasteiger charge is -2.15. The van der Waals surface area contributed by atoms with Crippen molar-refractivity contribution in [2.24, 2.45) is 5.92 Å². The topological polar surface area (TPSA) is 128 Å². The third kappa shape index (κ3) is 6.45. The molecule has 0 saturated carbocycles. The second-order valence-electron chi connectivity index (χ2n) is 9.17. The van der Waals surface area contributed by atoms with Crippen molar-refractivity contribution in [2.45, 2.75) is 59.5 Å². The summed E-state index contributed by atoms with van der Waals surface area (Å²) in [6.07, 6.45) is 5.57. The number of hydrogen-bond acceptors (Lipinski definition) is 7. The van der Waals surface area contributed by atoms with E-state index >= 15 is 0 Å². The van der Waals surface area contributed by atoms with Crippen molar-refractivity contribution >= 4 is 34.6 Å². The second-order valence-corrected chi connectivity index (χ2v) is 9.53. The van der Waals surface area contributed by atoms with Crippen molar-refractivity contribution in [3.05, 3.63) is 39.9 Å². The molecular formula is C26H33ClN6O3. The molecule has 0 aliphatic rings. The van der Waals surface area contributed by atoms with Crippen LogP contribution in [0.5, 0.6) is 5.75 Å². The number of methoxy groups -OCH3 is 1. The highest BCUT2D eigenvalue weighted by Gasteiger charge is 2.18. The van der Waals surface area contributed by atoms with Crippen LogP contribution in [0.1, 0.15) is 55.5 Å². The number of hydrogen-bond donors (Lipinski definition) is 3. The molecule has 3 rings (SSSR count). The molecule has 4 N–H and O–H groups in total. The van der Waals surface area contributed by atoms with Crippen LogP contribution in [0, 0.1) is 31.6 Å². The van der Waals surface area contributed by atoms with Crippen molar-refractivity contribution in [1.29, 1.82) is 0 Å². The van der Waals surface area contributed by atoms with Gasteiger partial charge in [0.25, 0.3) is 0 Å². The maximum Gasteiger partial charge on any atom is 0.320 e. The number of nitrogens with two attached hydrogens (primary N) is 1. The minimum atomic E-state index is -0.826. The summed E-state index contributed by atoms with van der Waals surface area (Å²) in [6.45, 7) is 8.95. The van der Waals surface area contributed by atoms with E-state index in [-0.39, 0.29) is 11.1 Å². The maximum atomic E-state index is 11.4. The number of nitrogens with one attached hydrogen (secondary N) is 1. The molecule has 0 bridgehead atoms. The standard InChI is InChI=1S/C26H33ClN6O3/c1-15(2)11-19(25(34)35)29-10-8-6-7-9-18-13-33(24-21(18)23(27)31-26(28)32-24)14-20-17(4)22(36-5)16(3)12-30-20/h12-13,15,19,29H,6,8,10-11,14H2,1-5H3,(H,34,35)(H2,28,31,32). The summed E-state index contributed by atoms with van der Waals surface area (Å²) in [6, 6.07) is -0.546. The Morgan fingerprint density at radius 1 is 1.33 bits per heavy atom. The molecule has 0 aliphatic carbocycles. The zero-order valence-corrected chi connectivity index (χ0v) is 22.1. The van der Waals surface area contributed by atoms with Crippen molar-refractivity contribution in [1.82, 2.24) is 24.8 Å². The average molecular weight is 513 g/mol. The van der Waals surface area contributed by atoms with E-state index in [0.717, 1.165) is 29.0 Å². The number of ether oxygens (including phenoxy) is 1. The fraction of sp³-hybridized carbons (Fsp3) is 0.462. The van der Waals surface area contributed by atoms with Crippen LogP contribution in [0.2, 0.25) is 5.15 Å². The third-order valence-electron chi connectivity index (χ3n) is 5.86. The summed E-state index contributed by atoms with van der Waals surface area (Å²) >= 11 is 6.44. The number of anilines is 1. The van der Waals surface area contributed by atoms with Crippen LogP contribution in [0.25, 0.3) is 11.0 Å². The van der Waals surface area contributed by atoms with Crippen LogP contribution in [-0.2, 0) is 11.3 Å². The second kappa shape index (κ2) is 12.1. The number of pyridine rings is 1. The molecular weight excluding hydrogens is 480 g/mol. The van der Waals surface area contributed by atoms with E-state index in [1.165, 1.54) is 0 Å². The predicted molar refractivity (Wildman–Crippen MR) is 141 cm³/mol. The Morgan fingerprint density at radius 2 is 2.08 bits per heavy atom. The number of fused-ring (bicyclic) bond motifs is 1. The highest BCUT2D eigenvalue weighted by atomic mass is 35.5. The Morgan fingerprint density at radius 3 is 2.75 bits per heavy atom. The Hall–Kier alpha value is -3.35. The van der Waals surface area contributed by atoms with Crippen LogP contribution >= 0.6 is 11.6 Å². The number of nitrogen functional groups attached to an aromatic ring is 1. The fourth-order valence-corrected chi connectivity index (χ4v) is 4.39. The Balaban J connectivity index is 1.80. The molecule has 0 saturated heterocycles. The lowest BCUT2D eigenvalue weighted by atomic mass is 10.0. The first-order valence-corrected chi connectivity index (χ1v) is 12.3. The fourth-order valence-electron chi connectivity index (χ4n) is 4.12. The molecule has 1 atom stereocenters. The molecule has 10 heteroatoms. The predicted octanol–water partition coefficient (Wildman–Crippen LogP) is 3.96. The van der Waals surface area contributed by atoms with E-state index < -0.39 is 12.0 Å². The van der Waals surface area contributed by atoms with Gasteiger partial charge in [-0.25, -0.2) is 4.98 Å². The van der Waals surface area contributed by atoms with Gasteiger partial charge in [-0.2, -0.15) is 4.98 Å². The summed E-state index contributed by atoms with van der Waals surface area (Å²) in [5.74, 6) is 6.70. The monoisotopic (exact) mass is 512 g/mol. The van der Waals surface area contributed by atoms with Crippen molar-refractivity contribution < 1.29 is 14.6 Å². The Bertz CT molecular complexity index is 1310. The number of nitrogens with zero attached hydrogens (tertiary/aromatic N) is 4. The number of halogens is 1. The number of rotatable bonds is 10. The number of aryl methyl sites for hydroxylation is 1. The molecule has 0 radical (unpaired) electrons. The lowest BCUT2D eigenvalue weighted by Crippen LogP contribution is -2.38. The van der Waals surface area contributed by atoms with Crippen molar-refractivity contribution in [3.8, 4) is 17.6 Å². The summed E-state index contributed by atoms with van der Waals surface area (Å²) in [7, 11) is 1.65. The van der Waals surface area contributed by atoms with E-state index in [1.807, 2.05) is 38.5 Å². The first kappa shape index (κ1) is 27.2. The average Bonchev–Trinajstić information content (AvgIpc) is 3.14. The van der Waals surface area contributed by atoms with Crippen LogP contribution in [0.3, 0.4) is 0 Å². The van der Waals surface area contributed by atoms with Gasteiger partial charge in [0.05, 0.1) is 30.3 Å². The number of aromatic nitrogens is 4. The number of carboxylic acids is 1. The molecule has 3 aromatic rings. The van der Waals surface area contributed by atoms with Gasteiger partial charge in [0, 0.05) is 29.9 Å². The number of unbranched alkanes of at least 4 members (excludes halogenated alkanes) is 1. The van der Waals surface area contributed by atoms with E-state index in [9.17, 15) is 9.90 Å². The molecule has 0 aliphatic heterocycles. The van der Waals surface area contributed by atoms with E-state index in [4.69, 9.17) is 22.1 Å². The zero-order valence-electron chi connectivity index (χ0n) is 21.4. The molecule has 3 aromatic heterocycles. The van der Waals surface area contributed by atoms with Crippen LogP contribution in [0.4, 0.5) is 5.95 Å². The molecule has 0 fully saturated rings. The number of aliphatic carboxylic acids is 1. The summed E-state index contributed by atoms with van der Waals surface area (Å²) in [4.78, 5) is 24.5. The molecule has 3 heterocycles. The maximum absolute atomic E-state index is 11.4. The van der Waals surface area contributed by atoms with E-state index in [1.54, 1.807) is 13.3 Å². The van der Waals surface area contributed by atoms with E-state index in [0.29, 0.717) is 48.4 Å². The van der Waals surface area contributed by atoms with Gasteiger partial charge < -0.3 is 25.5 Å². The Kier molecular flexibility index (Phi) is 9.13. The summed E-state index contributed by atoms with van der Waals surface area (Å²) in [5.41, 5.74) is 9.91.